The predicted molar refractivity (Wildman–Crippen MR) is 127 cm³/mol. The van der Waals surface area contributed by atoms with Crippen LogP contribution in [-0.2, 0) is 6.54 Å². The summed E-state index contributed by atoms with van der Waals surface area (Å²) < 4.78 is 11.5. The van der Waals surface area contributed by atoms with Crippen LogP contribution >= 0.6 is 11.6 Å². The molecular weight excluding hydrogens is 430 g/mol. The van der Waals surface area contributed by atoms with E-state index in [1.165, 1.54) is 6.33 Å². The van der Waals surface area contributed by atoms with Gasteiger partial charge in [-0.3, -0.25) is 4.99 Å². The molecule has 0 fully saturated rings. The van der Waals surface area contributed by atoms with E-state index < -0.39 is 0 Å². The highest BCUT2D eigenvalue weighted by atomic mass is 35.5. The fourth-order valence-corrected chi connectivity index (χ4v) is 3.68. The van der Waals surface area contributed by atoms with Crippen molar-refractivity contribution >= 4 is 40.2 Å². The fourth-order valence-electron chi connectivity index (χ4n) is 3.51. The van der Waals surface area contributed by atoms with Crippen LogP contribution in [0.15, 0.2) is 41.7 Å². The van der Waals surface area contributed by atoms with Crippen molar-refractivity contribution in [3.05, 3.63) is 47.2 Å². The highest BCUT2D eigenvalue weighted by Gasteiger charge is 2.14. The Morgan fingerprint density at radius 2 is 2.12 bits per heavy atom. The van der Waals surface area contributed by atoms with Gasteiger partial charge in [0, 0.05) is 28.4 Å². The van der Waals surface area contributed by atoms with Gasteiger partial charge in [-0.25, -0.2) is 9.97 Å². The zero-order valence-electron chi connectivity index (χ0n) is 17.8. The largest absolute Gasteiger partial charge is 0.493 e. The summed E-state index contributed by atoms with van der Waals surface area (Å²) in [7, 11) is 1.61. The number of benzene rings is 2. The second kappa shape index (κ2) is 10.6. The van der Waals surface area contributed by atoms with Crippen molar-refractivity contribution in [1.82, 2.24) is 15.3 Å². The van der Waals surface area contributed by atoms with Gasteiger partial charge in [0.25, 0.3) is 0 Å². The Balaban J connectivity index is 1.76. The minimum Gasteiger partial charge on any atom is -0.493 e. The molecule has 8 nitrogen and oxygen atoms in total. The van der Waals surface area contributed by atoms with Crippen molar-refractivity contribution in [1.29, 1.82) is 0 Å². The van der Waals surface area contributed by atoms with Gasteiger partial charge in [0.15, 0.2) is 11.5 Å². The number of hydrogen-bond donors (Lipinski definition) is 3. The molecule has 1 aliphatic rings. The van der Waals surface area contributed by atoms with E-state index in [0.717, 1.165) is 41.5 Å². The average molecular weight is 456 g/mol. The third-order valence-corrected chi connectivity index (χ3v) is 5.46. The molecule has 0 saturated carbocycles. The standard InChI is InChI=1S/C23H26ClN5O3/c1-31-21-10-20-18-9-22(21)32-7-3-2-6-26-17(13-30)12-25-11-15-4-5-16(24)8-19(15)29-23(18)28-14-27-20/h4-5,8-10,12,14,17,26,30H,2-3,6-7,11,13H2,1H3,(H,27,28,29). The molecule has 0 radical (unpaired) electrons. The lowest BCUT2D eigenvalue weighted by atomic mass is 10.1. The van der Waals surface area contributed by atoms with E-state index in [1.807, 2.05) is 30.3 Å². The van der Waals surface area contributed by atoms with Crippen LogP contribution in [0.2, 0.25) is 5.02 Å². The van der Waals surface area contributed by atoms with Crippen molar-refractivity contribution in [3.63, 3.8) is 0 Å². The van der Waals surface area contributed by atoms with Crippen LogP contribution in [0, 0.1) is 0 Å². The lowest BCUT2D eigenvalue weighted by molar-refractivity contribution is 0.267. The number of nitrogens with one attached hydrogen (secondary N) is 2. The Labute approximate surface area is 191 Å². The van der Waals surface area contributed by atoms with E-state index in [2.05, 4.69) is 25.6 Å². The third kappa shape index (κ3) is 5.27. The maximum Gasteiger partial charge on any atom is 0.162 e. The van der Waals surface area contributed by atoms with Crippen LogP contribution in [0.3, 0.4) is 0 Å². The lowest BCUT2D eigenvalue weighted by Crippen LogP contribution is -2.34. The minimum atomic E-state index is -0.202. The van der Waals surface area contributed by atoms with E-state index in [-0.39, 0.29) is 12.6 Å². The van der Waals surface area contributed by atoms with Gasteiger partial charge in [0.2, 0.25) is 0 Å². The van der Waals surface area contributed by atoms with Gasteiger partial charge >= 0.3 is 0 Å². The molecule has 168 valence electrons. The molecule has 1 atom stereocenters. The van der Waals surface area contributed by atoms with E-state index in [9.17, 15) is 5.11 Å². The van der Waals surface area contributed by atoms with Crippen molar-refractivity contribution < 1.29 is 14.6 Å². The second-order valence-corrected chi connectivity index (χ2v) is 7.89. The lowest BCUT2D eigenvalue weighted by Gasteiger charge is -2.15. The summed E-state index contributed by atoms with van der Waals surface area (Å²) in [5.41, 5.74) is 2.48. The number of nitrogens with zero attached hydrogens (tertiary/aromatic N) is 3. The molecule has 1 aliphatic heterocycles. The van der Waals surface area contributed by atoms with Crippen LogP contribution in [0.1, 0.15) is 18.4 Å². The van der Waals surface area contributed by atoms with Crippen LogP contribution in [0.25, 0.3) is 10.9 Å². The number of aliphatic imine (C=N–C) groups is 1. The fraction of sp³-hybridized carbons (Fsp3) is 0.348. The topological polar surface area (TPSA) is 101 Å². The number of anilines is 2. The molecule has 2 heterocycles. The van der Waals surface area contributed by atoms with Crippen molar-refractivity contribution in [2.24, 2.45) is 4.99 Å². The maximum absolute atomic E-state index is 9.64. The Morgan fingerprint density at radius 1 is 1.22 bits per heavy atom. The van der Waals surface area contributed by atoms with Gasteiger partial charge in [-0.05, 0) is 43.1 Å². The SMILES string of the molecule is COc1cc2ncnc3c2cc1OCCCCNC(CO)C=NCc1ccc(Cl)cc1N3. The number of rotatable bonds is 2. The maximum atomic E-state index is 9.64. The monoisotopic (exact) mass is 455 g/mol. The first kappa shape index (κ1) is 22.3. The smallest absolute Gasteiger partial charge is 0.162 e. The molecule has 4 rings (SSSR count). The highest BCUT2D eigenvalue weighted by molar-refractivity contribution is 6.30. The summed E-state index contributed by atoms with van der Waals surface area (Å²) in [6.45, 7) is 1.70. The van der Waals surface area contributed by atoms with Gasteiger partial charge in [0.1, 0.15) is 12.1 Å². The molecule has 1 unspecified atom stereocenters. The molecule has 32 heavy (non-hydrogen) atoms. The van der Waals surface area contributed by atoms with Crippen molar-refractivity contribution in [2.75, 3.05) is 32.2 Å². The molecule has 3 N–H and O–H groups in total. The first-order valence-corrected chi connectivity index (χ1v) is 10.9. The molecular formula is C23H26ClN5O3. The summed E-state index contributed by atoms with van der Waals surface area (Å²) in [5, 5.41) is 17.7. The predicted octanol–water partition coefficient (Wildman–Crippen LogP) is 3.73. The third-order valence-electron chi connectivity index (χ3n) is 5.22. The molecule has 2 bridgehead atoms. The van der Waals surface area contributed by atoms with E-state index >= 15 is 0 Å². The number of halogens is 1. The second-order valence-electron chi connectivity index (χ2n) is 7.46. The van der Waals surface area contributed by atoms with Gasteiger partial charge in [-0.2, -0.15) is 0 Å². The first-order chi connectivity index (χ1) is 15.7. The van der Waals surface area contributed by atoms with Gasteiger partial charge in [-0.1, -0.05) is 17.7 Å². The van der Waals surface area contributed by atoms with Crippen LogP contribution < -0.4 is 20.1 Å². The molecule has 0 aliphatic carbocycles. The van der Waals surface area contributed by atoms with Crippen molar-refractivity contribution in [2.45, 2.75) is 25.4 Å². The quantitative estimate of drug-likeness (QED) is 0.541. The minimum absolute atomic E-state index is 0.0202. The van der Waals surface area contributed by atoms with E-state index in [4.69, 9.17) is 21.1 Å². The Morgan fingerprint density at radius 3 is 2.97 bits per heavy atom. The molecule has 2 aromatic carbocycles. The highest BCUT2D eigenvalue weighted by Crippen LogP contribution is 2.35. The zero-order valence-corrected chi connectivity index (χ0v) is 18.6. The summed E-state index contributed by atoms with van der Waals surface area (Å²) in [4.78, 5) is 13.4. The number of aliphatic hydroxyl groups excluding tert-OH is 1. The Hall–Kier alpha value is -2.94. The number of aliphatic hydroxyl groups is 1. The van der Waals surface area contributed by atoms with Crippen LogP contribution in [-0.4, -0.2) is 54.2 Å². The Kier molecular flexibility index (Phi) is 7.36. The van der Waals surface area contributed by atoms with E-state index in [0.29, 0.717) is 35.5 Å². The number of methoxy groups -OCH3 is 1. The number of aromatic nitrogens is 2. The van der Waals surface area contributed by atoms with Crippen LogP contribution in [0.5, 0.6) is 11.5 Å². The molecule has 0 amide bonds. The number of fused-ring (bicyclic) bond motifs is 2. The number of hydrogen-bond acceptors (Lipinski definition) is 8. The van der Waals surface area contributed by atoms with Gasteiger partial charge in [0.05, 0.1) is 38.4 Å². The summed E-state index contributed by atoms with van der Waals surface area (Å²) >= 11 is 6.27. The van der Waals surface area contributed by atoms with Crippen molar-refractivity contribution in [3.8, 4) is 11.5 Å². The van der Waals surface area contributed by atoms with Gasteiger partial charge in [-0.15, -0.1) is 0 Å². The first-order valence-electron chi connectivity index (χ1n) is 10.5. The van der Waals surface area contributed by atoms with Gasteiger partial charge < -0.3 is 25.2 Å². The summed E-state index contributed by atoms with van der Waals surface area (Å²) in [6, 6.07) is 9.15. The normalized spacial score (nSPS) is 17.3. The Bertz CT molecular complexity index is 1110. The molecule has 1 aromatic heterocycles. The molecule has 9 heteroatoms. The number of ether oxygens (including phenoxy) is 2. The molecule has 0 spiro atoms. The van der Waals surface area contributed by atoms with Crippen LogP contribution in [0.4, 0.5) is 11.5 Å². The zero-order chi connectivity index (χ0) is 22.3. The van der Waals surface area contributed by atoms with E-state index in [1.54, 1.807) is 13.3 Å². The summed E-state index contributed by atoms with van der Waals surface area (Å²) in [6.07, 6.45) is 5.01. The molecule has 3 aromatic rings. The average Bonchev–Trinajstić information content (AvgIpc) is 2.80. The molecule has 0 saturated heterocycles. The summed E-state index contributed by atoms with van der Waals surface area (Å²) in [5.74, 6) is 1.89.